The number of aliphatic hydroxyl groups excluding tert-OH is 1. The molecular weight excluding hydrogens is 411 g/mol. The highest BCUT2D eigenvalue weighted by atomic mass is 19.4. The van der Waals surface area contributed by atoms with E-state index in [2.05, 4.69) is 22.0 Å². The first-order valence-electron chi connectivity index (χ1n) is 9.72. The number of hydrogen-bond donors (Lipinski definition) is 4. The van der Waals surface area contributed by atoms with Crippen LogP contribution in [0.5, 0.6) is 0 Å². The SMILES string of the molecule is Cc1ccc(CNC[C@@H](CO)NC(=O)CNC(=O)c2cccc(C(F)(F)F)c2)c(C)c1. The zero-order valence-electron chi connectivity index (χ0n) is 17.3. The maximum Gasteiger partial charge on any atom is 0.416 e. The van der Waals surface area contributed by atoms with Gasteiger partial charge in [-0.05, 0) is 43.2 Å². The summed E-state index contributed by atoms with van der Waals surface area (Å²) >= 11 is 0. The smallest absolute Gasteiger partial charge is 0.394 e. The van der Waals surface area contributed by atoms with Gasteiger partial charge in [0.25, 0.3) is 5.91 Å². The molecule has 2 aromatic carbocycles. The summed E-state index contributed by atoms with van der Waals surface area (Å²) in [5.41, 5.74) is 2.25. The number of hydrogen-bond acceptors (Lipinski definition) is 4. The average Bonchev–Trinajstić information content (AvgIpc) is 2.72. The van der Waals surface area contributed by atoms with Gasteiger partial charge in [0, 0.05) is 18.7 Å². The standard InChI is InChI=1S/C22H26F3N3O3/c1-14-6-7-17(15(2)8-14)10-26-11-19(13-29)28-20(30)12-27-21(31)16-4-3-5-18(9-16)22(23,24)25/h3-9,19,26,29H,10-13H2,1-2H3,(H,27,31)(H,28,30)/t19-/m0/s1. The van der Waals surface area contributed by atoms with E-state index in [0.29, 0.717) is 13.1 Å². The van der Waals surface area contributed by atoms with Crippen molar-refractivity contribution in [2.24, 2.45) is 0 Å². The van der Waals surface area contributed by atoms with Gasteiger partial charge in [0.15, 0.2) is 0 Å². The van der Waals surface area contributed by atoms with E-state index in [9.17, 15) is 27.9 Å². The number of benzene rings is 2. The Kier molecular flexibility index (Phi) is 8.58. The third-order valence-electron chi connectivity index (χ3n) is 4.65. The molecule has 4 N–H and O–H groups in total. The number of amides is 2. The van der Waals surface area contributed by atoms with Crippen LogP contribution >= 0.6 is 0 Å². The lowest BCUT2D eigenvalue weighted by molar-refractivity contribution is -0.137. The van der Waals surface area contributed by atoms with Crippen LogP contribution in [0.1, 0.15) is 32.6 Å². The molecule has 0 spiro atoms. The summed E-state index contributed by atoms with van der Waals surface area (Å²) in [7, 11) is 0. The van der Waals surface area contributed by atoms with Gasteiger partial charge in [0.05, 0.1) is 24.8 Å². The summed E-state index contributed by atoms with van der Waals surface area (Å²) in [6, 6.07) is 9.44. The minimum Gasteiger partial charge on any atom is -0.394 e. The third-order valence-corrected chi connectivity index (χ3v) is 4.65. The van der Waals surface area contributed by atoms with Crippen LogP contribution in [0, 0.1) is 13.8 Å². The third kappa shape index (κ3) is 7.69. The van der Waals surface area contributed by atoms with Crippen molar-refractivity contribution in [2.75, 3.05) is 19.7 Å². The number of rotatable bonds is 9. The normalized spacial score (nSPS) is 12.3. The molecule has 0 fully saturated rings. The Hall–Kier alpha value is -2.91. The van der Waals surface area contributed by atoms with Crippen LogP contribution in [-0.2, 0) is 17.5 Å². The van der Waals surface area contributed by atoms with Crippen LogP contribution in [0.25, 0.3) is 0 Å². The van der Waals surface area contributed by atoms with Crippen molar-refractivity contribution in [3.8, 4) is 0 Å². The van der Waals surface area contributed by atoms with E-state index in [1.165, 1.54) is 6.07 Å². The molecule has 6 nitrogen and oxygen atoms in total. The molecule has 9 heteroatoms. The molecule has 2 amide bonds. The molecule has 2 aromatic rings. The van der Waals surface area contributed by atoms with Crippen molar-refractivity contribution in [1.29, 1.82) is 0 Å². The van der Waals surface area contributed by atoms with Crippen molar-refractivity contribution in [2.45, 2.75) is 32.6 Å². The first kappa shape index (κ1) is 24.4. The first-order chi connectivity index (χ1) is 14.6. The van der Waals surface area contributed by atoms with Crippen LogP contribution < -0.4 is 16.0 Å². The second kappa shape index (κ2) is 10.9. The Balaban J connectivity index is 1.80. The van der Waals surface area contributed by atoms with Crippen LogP contribution in [0.4, 0.5) is 13.2 Å². The number of carbonyl (C=O) groups excluding carboxylic acids is 2. The van der Waals surface area contributed by atoms with Gasteiger partial charge >= 0.3 is 6.18 Å². The minimum atomic E-state index is -4.56. The number of halogens is 3. The number of nitrogens with one attached hydrogen (secondary N) is 3. The molecule has 0 unspecified atom stereocenters. The van der Waals surface area contributed by atoms with Gasteiger partial charge in [-0.15, -0.1) is 0 Å². The van der Waals surface area contributed by atoms with Gasteiger partial charge in [0.1, 0.15) is 0 Å². The Morgan fingerprint density at radius 1 is 1.10 bits per heavy atom. The van der Waals surface area contributed by atoms with Crippen LogP contribution in [0.3, 0.4) is 0 Å². The molecule has 0 aromatic heterocycles. The molecule has 31 heavy (non-hydrogen) atoms. The molecule has 0 radical (unpaired) electrons. The highest BCUT2D eigenvalue weighted by molar-refractivity contribution is 5.96. The number of carbonyl (C=O) groups is 2. The van der Waals surface area contributed by atoms with Crippen LogP contribution in [0.2, 0.25) is 0 Å². The van der Waals surface area contributed by atoms with Gasteiger partial charge in [-0.25, -0.2) is 0 Å². The van der Waals surface area contributed by atoms with E-state index in [1.54, 1.807) is 0 Å². The second-order valence-electron chi connectivity index (χ2n) is 7.27. The molecule has 2 rings (SSSR count). The topological polar surface area (TPSA) is 90.5 Å². The van der Waals surface area contributed by atoms with E-state index >= 15 is 0 Å². The maximum absolute atomic E-state index is 12.8. The van der Waals surface area contributed by atoms with Gasteiger partial charge < -0.3 is 21.1 Å². The Bertz CT molecular complexity index is 916. The maximum atomic E-state index is 12.8. The summed E-state index contributed by atoms with van der Waals surface area (Å²) in [6.45, 7) is 4.13. The van der Waals surface area contributed by atoms with Crippen molar-refractivity contribution in [1.82, 2.24) is 16.0 Å². The molecule has 0 saturated heterocycles. The highest BCUT2D eigenvalue weighted by Crippen LogP contribution is 2.29. The molecule has 1 atom stereocenters. The zero-order chi connectivity index (χ0) is 23.0. The van der Waals surface area contributed by atoms with Crippen molar-refractivity contribution >= 4 is 11.8 Å². The molecule has 0 aliphatic rings. The molecule has 0 bridgehead atoms. The van der Waals surface area contributed by atoms with Gasteiger partial charge in [0.2, 0.25) is 5.91 Å². The summed E-state index contributed by atoms with van der Waals surface area (Å²) < 4.78 is 38.3. The Labute approximate surface area is 178 Å². The molecule has 0 aliphatic heterocycles. The Morgan fingerprint density at radius 3 is 2.48 bits per heavy atom. The minimum absolute atomic E-state index is 0.198. The molecule has 0 aliphatic carbocycles. The van der Waals surface area contributed by atoms with E-state index in [-0.39, 0.29) is 12.2 Å². The van der Waals surface area contributed by atoms with Crippen molar-refractivity contribution < 1.29 is 27.9 Å². The lowest BCUT2D eigenvalue weighted by Crippen LogP contribution is -2.47. The summed E-state index contributed by atoms with van der Waals surface area (Å²) in [5, 5.41) is 17.5. The molecule has 0 heterocycles. The average molecular weight is 437 g/mol. The van der Waals surface area contributed by atoms with Gasteiger partial charge in [-0.1, -0.05) is 29.8 Å². The summed E-state index contributed by atoms with van der Waals surface area (Å²) in [5.74, 6) is -1.36. The summed E-state index contributed by atoms with van der Waals surface area (Å²) in [6.07, 6.45) is -4.56. The van der Waals surface area contributed by atoms with E-state index < -0.39 is 36.1 Å². The molecule has 0 saturated carbocycles. The highest BCUT2D eigenvalue weighted by Gasteiger charge is 2.30. The fourth-order valence-electron chi connectivity index (χ4n) is 2.96. The zero-order valence-corrected chi connectivity index (χ0v) is 17.3. The van der Waals surface area contributed by atoms with E-state index in [1.807, 2.05) is 26.0 Å². The van der Waals surface area contributed by atoms with Crippen molar-refractivity contribution in [3.63, 3.8) is 0 Å². The first-order valence-corrected chi connectivity index (χ1v) is 9.72. The monoisotopic (exact) mass is 437 g/mol. The molecular formula is C22H26F3N3O3. The number of aryl methyl sites for hydroxylation is 2. The predicted molar refractivity (Wildman–Crippen MR) is 110 cm³/mol. The predicted octanol–water partition coefficient (Wildman–Crippen LogP) is 2.32. The summed E-state index contributed by atoms with van der Waals surface area (Å²) in [4.78, 5) is 24.1. The second-order valence-corrected chi connectivity index (χ2v) is 7.27. The van der Waals surface area contributed by atoms with Crippen LogP contribution in [0.15, 0.2) is 42.5 Å². The fraction of sp³-hybridized carbons (Fsp3) is 0.364. The quantitative estimate of drug-likeness (QED) is 0.485. The lowest BCUT2D eigenvalue weighted by Gasteiger charge is -2.18. The molecule has 168 valence electrons. The van der Waals surface area contributed by atoms with Gasteiger partial charge in [-0.2, -0.15) is 13.2 Å². The van der Waals surface area contributed by atoms with E-state index in [4.69, 9.17) is 0 Å². The number of aliphatic hydroxyl groups is 1. The largest absolute Gasteiger partial charge is 0.416 e. The van der Waals surface area contributed by atoms with Gasteiger partial charge in [-0.3, -0.25) is 9.59 Å². The fourth-order valence-corrected chi connectivity index (χ4v) is 2.96. The lowest BCUT2D eigenvalue weighted by atomic mass is 10.1. The number of alkyl halides is 3. The van der Waals surface area contributed by atoms with Crippen LogP contribution in [-0.4, -0.2) is 42.7 Å². The Morgan fingerprint density at radius 2 is 1.84 bits per heavy atom. The van der Waals surface area contributed by atoms with Crippen molar-refractivity contribution in [3.05, 3.63) is 70.3 Å². The van der Waals surface area contributed by atoms with E-state index in [0.717, 1.165) is 34.9 Å².